The summed E-state index contributed by atoms with van der Waals surface area (Å²) in [4.78, 5) is 13.9. The molecule has 2 heterocycles. The van der Waals surface area contributed by atoms with Crippen LogP contribution < -0.4 is 4.74 Å². The summed E-state index contributed by atoms with van der Waals surface area (Å²) in [6.45, 7) is 0. The third-order valence-corrected chi connectivity index (χ3v) is 5.77. The molecule has 110 valence electrons. The van der Waals surface area contributed by atoms with Crippen molar-refractivity contribution < 1.29 is 17.9 Å². The number of rotatable bonds is 2. The molecular formula is C14H14N2O4S. The van der Waals surface area contributed by atoms with Gasteiger partial charge in [0.05, 0.1) is 24.7 Å². The molecule has 1 amide bonds. The number of nitrogens with zero attached hydrogens (tertiary/aromatic N) is 2. The van der Waals surface area contributed by atoms with Gasteiger partial charge in [0.1, 0.15) is 11.8 Å². The molecule has 0 bridgehead atoms. The predicted molar refractivity (Wildman–Crippen MR) is 74.6 cm³/mol. The van der Waals surface area contributed by atoms with Crippen LogP contribution in [0.25, 0.3) is 0 Å². The van der Waals surface area contributed by atoms with Crippen LogP contribution in [-0.2, 0) is 9.84 Å². The van der Waals surface area contributed by atoms with Crippen LogP contribution in [0.3, 0.4) is 0 Å². The number of amides is 1. The lowest BCUT2D eigenvalue weighted by molar-refractivity contribution is 0.0694. The average molecular weight is 306 g/mol. The molecule has 0 aromatic heterocycles. The van der Waals surface area contributed by atoms with Crippen molar-refractivity contribution >= 4 is 15.7 Å². The molecule has 2 aliphatic rings. The highest BCUT2D eigenvalue weighted by Crippen LogP contribution is 2.38. The fourth-order valence-electron chi connectivity index (χ4n) is 3.00. The van der Waals surface area contributed by atoms with Crippen molar-refractivity contribution in [2.75, 3.05) is 18.6 Å². The summed E-state index contributed by atoms with van der Waals surface area (Å²) in [5.74, 6) is 0.297. The molecule has 1 aromatic rings. The molecule has 0 aliphatic carbocycles. The number of fused-ring (bicyclic) bond motifs is 1. The zero-order chi connectivity index (χ0) is 15.2. The van der Waals surface area contributed by atoms with Gasteiger partial charge in [-0.05, 0) is 24.6 Å². The standard InChI is InChI=1S/C14H14N2O4S/c1-20-10-2-3-11-12(6-10)13(7-15)16(14(11)17)9-4-5-21(18,19)8-9/h2-3,6,9,13H,4-5,8H2,1H3. The van der Waals surface area contributed by atoms with Gasteiger partial charge in [0.2, 0.25) is 0 Å². The Kier molecular flexibility index (Phi) is 3.14. The molecular weight excluding hydrogens is 292 g/mol. The molecule has 0 radical (unpaired) electrons. The number of carbonyl (C=O) groups excluding carboxylic acids is 1. The quantitative estimate of drug-likeness (QED) is 0.810. The van der Waals surface area contributed by atoms with Crippen LogP contribution >= 0.6 is 0 Å². The molecule has 0 spiro atoms. The summed E-state index contributed by atoms with van der Waals surface area (Å²) < 4.78 is 28.4. The van der Waals surface area contributed by atoms with Gasteiger partial charge in [-0.3, -0.25) is 4.79 Å². The van der Waals surface area contributed by atoms with E-state index >= 15 is 0 Å². The Morgan fingerprint density at radius 1 is 1.43 bits per heavy atom. The van der Waals surface area contributed by atoms with Gasteiger partial charge in [-0.1, -0.05) is 0 Å². The van der Waals surface area contributed by atoms with E-state index in [0.717, 1.165) is 0 Å². The molecule has 2 atom stereocenters. The highest BCUT2D eigenvalue weighted by atomic mass is 32.2. The van der Waals surface area contributed by atoms with Crippen LogP contribution in [-0.4, -0.2) is 43.9 Å². The van der Waals surface area contributed by atoms with Gasteiger partial charge in [0, 0.05) is 17.2 Å². The second-order valence-corrected chi connectivity index (χ2v) is 7.48. The summed E-state index contributed by atoms with van der Waals surface area (Å²) in [7, 11) is -1.60. The molecule has 21 heavy (non-hydrogen) atoms. The molecule has 3 rings (SSSR count). The van der Waals surface area contributed by atoms with E-state index in [-0.39, 0.29) is 17.4 Å². The Labute approximate surface area is 122 Å². The monoisotopic (exact) mass is 306 g/mol. The van der Waals surface area contributed by atoms with Gasteiger partial charge >= 0.3 is 0 Å². The van der Waals surface area contributed by atoms with E-state index in [4.69, 9.17) is 4.74 Å². The highest BCUT2D eigenvalue weighted by Gasteiger charge is 2.44. The number of nitriles is 1. The molecule has 0 saturated carbocycles. The minimum Gasteiger partial charge on any atom is -0.497 e. The Bertz CT molecular complexity index is 751. The Hall–Kier alpha value is -2.07. The van der Waals surface area contributed by atoms with Gasteiger partial charge in [0.15, 0.2) is 9.84 Å². The summed E-state index contributed by atoms with van der Waals surface area (Å²) in [6, 6.07) is 5.90. The Morgan fingerprint density at radius 2 is 2.19 bits per heavy atom. The second kappa shape index (κ2) is 4.74. The summed E-state index contributed by atoms with van der Waals surface area (Å²) in [5.41, 5.74) is 1.04. The molecule has 2 unspecified atom stereocenters. The number of hydrogen-bond acceptors (Lipinski definition) is 5. The van der Waals surface area contributed by atoms with Crippen molar-refractivity contribution in [2.24, 2.45) is 0 Å². The van der Waals surface area contributed by atoms with Crippen molar-refractivity contribution in [1.29, 1.82) is 5.26 Å². The van der Waals surface area contributed by atoms with E-state index in [2.05, 4.69) is 6.07 Å². The smallest absolute Gasteiger partial charge is 0.255 e. The molecule has 0 N–H and O–H groups in total. The number of methoxy groups -OCH3 is 1. The first-order valence-electron chi connectivity index (χ1n) is 6.57. The van der Waals surface area contributed by atoms with Crippen LogP contribution in [0.4, 0.5) is 0 Å². The van der Waals surface area contributed by atoms with E-state index in [1.165, 1.54) is 12.0 Å². The molecule has 1 saturated heterocycles. The highest BCUT2D eigenvalue weighted by molar-refractivity contribution is 7.91. The number of sulfone groups is 1. The van der Waals surface area contributed by atoms with Crippen molar-refractivity contribution in [3.63, 3.8) is 0 Å². The maximum absolute atomic E-state index is 12.5. The van der Waals surface area contributed by atoms with Crippen molar-refractivity contribution in [3.8, 4) is 11.8 Å². The number of carbonyl (C=O) groups is 1. The number of ether oxygens (including phenoxy) is 1. The largest absolute Gasteiger partial charge is 0.497 e. The van der Waals surface area contributed by atoms with Gasteiger partial charge < -0.3 is 9.64 Å². The van der Waals surface area contributed by atoms with Gasteiger partial charge in [-0.25, -0.2) is 8.42 Å². The van der Waals surface area contributed by atoms with Crippen LogP contribution in [0.1, 0.15) is 28.4 Å². The zero-order valence-electron chi connectivity index (χ0n) is 11.4. The van der Waals surface area contributed by atoms with Gasteiger partial charge in [-0.15, -0.1) is 0 Å². The second-order valence-electron chi connectivity index (χ2n) is 5.25. The SMILES string of the molecule is COc1ccc2c(c1)C(C#N)N(C1CCS(=O)(=O)C1)C2=O. The van der Waals surface area contributed by atoms with E-state index in [1.54, 1.807) is 18.2 Å². The predicted octanol–water partition coefficient (Wildman–Crippen LogP) is 0.903. The van der Waals surface area contributed by atoms with Crippen molar-refractivity contribution in [1.82, 2.24) is 4.90 Å². The topological polar surface area (TPSA) is 87.5 Å². The van der Waals surface area contributed by atoms with E-state index in [0.29, 0.717) is 23.3 Å². The number of hydrogen-bond donors (Lipinski definition) is 0. The van der Waals surface area contributed by atoms with Crippen molar-refractivity contribution in [3.05, 3.63) is 29.3 Å². The Balaban J connectivity index is 2.01. The molecule has 1 fully saturated rings. The van der Waals surface area contributed by atoms with Gasteiger partial charge in [-0.2, -0.15) is 5.26 Å². The van der Waals surface area contributed by atoms with Crippen LogP contribution in [0, 0.1) is 11.3 Å². The van der Waals surface area contributed by atoms with E-state index in [1.807, 2.05) is 0 Å². The Morgan fingerprint density at radius 3 is 2.76 bits per heavy atom. The molecule has 6 nitrogen and oxygen atoms in total. The summed E-state index contributed by atoms with van der Waals surface area (Å²) in [5, 5.41) is 9.42. The van der Waals surface area contributed by atoms with Crippen molar-refractivity contribution in [2.45, 2.75) is 18.5 Å². The minimum absolute atomic E-state index is 0.0674. The third-order valence-electron chi connectivity index (χ3n) is 4.02. The first kappa shape index (κ1) is 13.9. The fourth-order valence-corrected chi connectivity index (χ4v) is 4.71. The maximum Gasteiger partial charge on any atom is 0.255 e. The zero-order valence-corrected chi connectivity index (χ0v) is 12.3. The molecule has 2 aliphatic heterocycles. The summed E-state index contributed by atoms with van der Waals surface area (Å²) in [6.07, 6.45) is 0.386. The third kappa shape index (κ3) is 2.16. The first-order valence-corrected chi connectivity index (χ1v) is 8.39. The molecule has 7 heteroatoms. The number of benzene rings is 1. The van der Waals surface area contributed by atoms with Gasteiger partial charge in [0.25, 0.3) is 5.91 Å². The first-order chi connectivity index (χ1) is 9.96. The van der Waals surface area contributed by atoms with E-state index in [9.17, 15) is 18.5 Å². The lowest BCUT2D eigenvalue weighted by Crippen LogP contribution is -2.38. The maximum atomic E-state index is 12.5. The normalized spacial score (nSPS) is 26.5. The lowest BCUT2D eigenvalue weighted by atomic mass is 10.0. The minimum atomic E-state index is -3.12. The molecule has 1 aromatic carbocycles. The summed E-state index contributed by atoms with van der Waals surface area (Å²) >= 11 is 0. The average Bonchev–Trinajstić information content (AvgIpc) is 2.95. The van der Waals surface area contributed by atoms with Crippen LogP contribution in [0.2, 0.25) is 0 Å². The van der Waals surface area contributed by atoms with E-state index < -0.39 is 21.9 Å². The lowest BCUT2D eigenvalue weighted by Gasteiger charge is -2.26. The fraction of sp³-hybridized carbons (Fsp3) is 0.429. The van der Waals surface area contributed by atoms with Crippen LogP contribution in [0.5, 0.6) is 5.75 Å². The van der Waals surface area contributed by atoms with Crippen LogP contribution in [0.15, 0.2) is 18.2 Å².